The Balaban J connectivity index is 3.00. The number of carbonyl (C=O) groups is 1. The highest BCUT2D eigenvalue weighted by Crippen LogP contribution is 2.23. The van der Waals surface area contributed by atoms with Crippen LogP contribution in [0, 0.1) is 5.82 Å². The lowest BCUT2D eigenvalue weighted by molar-refractivity contribution is -0.152. The van der Waals surface area contributed by atoms with Crippen LogP contribution in [-0.2, 0) is 9.47 Å². The molecule has 17 heavy (non-hydrogen) atoms. The molecule has 2 N–H and O–H groups in total. The van der Waals surface area contributed by atoms with E-state index < -0.39 is 18.0 Å². The molecule has 1 unspecified atom stereocenters. The highest BCUT2D eigenvalue weighted by Gasteiger charge is 2.18. The fraction of sp³-hybridized carbons (Fsp3) is 0.417. The first kappa shape index (κ1) is 13.6. The summed E-state index contributed by atoms with van der Waals surface area (Å²) >= 11 is 0. The fourth-order valence-corrected chi connectivity index (χ4v) is 1.37. The number of methoxy groups -OCH3 is 1. The van der Waals surface area contributed by atoms with E-state index >= 15 is 0 Å². The van der Waals surface area contributed by atoms with Crippen LogP contribution in [0.15, 0.2) is 18.2 Å². The Morgan fingerprint density at radius 3 is 2.47 bits per heavy atom. The number of hydrogen-bond donors (Lipinski definition) is 1. The van der Waals surface area contributed by atoms with Crippen molar-refractivity contribution < 1.29 is 18.7 Å². The molecule has 0 fully saturated rings. The molecular formula is C12H16FNO3. The van der Waals surface area contributed by atoms with E-state index in [0.717, 1.165) is 6.07 Å². The third kappa shape index (κ3) is 3.51. The second-order valence-corrected chi connectivity index (χ2v) is 3.85. The zero-order valence-electron chi connectivity index (χ0n) is 10.1. The minimum atomic E-state index is -0.795. The Labute approximate surface area is 99.5 Å². The largest absolute Gasteiger partial charge is 0.366 e. The molecule has 4 nitrogen and oxygen atoms in total. The van der Waals surface area contributed by atoms with Gasteiger partial charge in [-0.3, -0.25) is 4.79 Å². The molecule has 0 aliphatic rings. The molecule has 1 aromatic carbocycles. The molecule has 5 heteroatoms. The van der Waals surface area contributed by atoms with Gasteiger partial charge in [0.2, 0.25) is 5.91 Å². The van der Waals surface area contributed by atoms with Crippen molar-refractivity contribution in [2.24, 2.45) is 5.73 Å². The number of rotatable bonds is 5. The van der Waals surface area contributed by atoms with Crippen molar-refractivity contribution in [3.8, 4) is 0 Å². The van der Waals surface area contributed by atoms with E-state index in [4.69, 9.17) is 15.2 Å². The van der Waals surface area contributed by atoms with E-state index in [1.165, 1.54) is 19.2 Å². The highest BCUT2D eigenvalue weighted by atomic mass is 19.1. The molecule has 1 rings (SSSR count). The SMILES string of the molecule is COC(OC(C)C)c1ccc(C(N)=O)cc1F. The Bertz CT molecular complexity index is 407. The Hall–Kier alpha value is -1.46. The number of amides is 1. The second kappa shape index (κ2) is 5.75. The third-order valence-corrected chi connectivity index (χ3v) is 2.15. The van der Waals surface area contributed by atoms with E-state index in [1.54, 1.807) is 0 Å². The molecule has 1 amide bonds. The van der Waals surface area contributed by atoms with Gasteiger partial charge in [0.15, 0.2) is 6.29 Å². The van der Waals surface area contributed by atoms with Gasteiger partial charge in [0.05, 0.1) is 6.10 Å². The van der Waals surface area contributed by atoms with Gasteiger partial charge in [-0.25, -0.2) is 4.39 Å². The van der Waals surface area contributed by atoms with Crippen molar-refractivity contribution in [1.82, 2.24) is 0 Å². The summed E-state index contributed by atoms with van der Waals surface area (Å²) in [5.74, 6) is -1.25. The van der Waals surface area contributed by atoms with Gasteiger partial charge < -0.3 is 15.2 Å². The number of halogens is 1. The first-order chi connectivity index (χ1) is 7.95. The zero-order chi connectivity index (χ0) is 13.0. The number of primary amides is 1. The zero-order valence-corrected chi connectivity index (χ0v) is 10.1. The normalized spacial score (nSPS) is 12.8. The second-order valence-electron chi connectivity index (χ2n) is 3.85. The van der Waals surface area contributed by atoms with Crippen molar-refractivity contribution in [1.29, 1.82) is 0 Å². The molecule has 1 aromatic rings. The average molecular weight is 241 g/mol. The number of hydrogen-bond acceptors (Lipinski definition) is 3. The summed E-state index contributed by atoms with van der Waals surface area (Å²) in [5.41, 5.74) is 5.41. The Morgan fingerprint density at radius 1 is 1.41 bits per heavy atom. The molecule has 0 bridgehead atoms. The minimum Gasteiger partial charge on any atom is -0.366 e. The molecule has 0 heterocycles. The van der Waals surface area contributed by atoms with Crippen molar-refractivity contribution in [2.75, 3.05) is 7.11 Å². The summed E-state index contributed by atoms with van der Waals surface area (Å²) in [6.45, 7) is 3.64. The summed E-state index contributed by atoms with van der Waals surface area (Å²) in [6, 6.07) is 3.95. The molecule has 0 saturated carbocycles. The van der Waals surface area contributed by atoms with E-state index in [2.05, 4.69) is 0 Å². The highest BCUT2D eigenvalue weighted by molar-refractivity contribution is 5.92. The van der Waals surface area contributed by atoms with Crippen LogP contribution in [0.3, 0.4) is 0 Å². The maximum absolute atomic E-state index is 13.7. The number of nitrogens with two attached hydrogens (primary N) is 1. The molecule has 0 aliphatic carbocycles. The van der Waals surface area contributed by atoms with Crippen molar-refractivity contribution in [2.45, 2.75) is 26.2 Å². The summed E-state index contributed by atoms with van der Waals surface area (Å²) in [7, 11) is 1.43. The monoisotopic (exact) mass is 241 g/mol. The predicted octanol–water partition coefficient (Wildman–Crippen LogP) is 1.99. The van der Waals surface area contributed by atoms with Gasteiger partial charge in [0.25, 0.3) is 0 Å². The van der Waals surface area contributed by atoms with Gasteiger partial charge in [-0.2, -0.15) is 0 Å². The standard InChI is InChI=1S/C12H16FNO3/c1-7(2)17-12(16-3)9-5-4-8(11(14)15)6-10(9)13/h4-7,12H,1-3H3,(H2,14,15). The minimum absolute atomic E-state index is 0.102. The topological polar surface area (TPSA) is 61.6 Å². The molecule has 0 aromatic heterocycles. The van der Waals surface area contributed by atoms with E-state index in [0.29, 0.717) is 0 Å². The molecule has 0 radical (unpaired) electrons. The molecule has 0 aliphatic heterocycles. The van der Waals surface area contributed by atoms with Gasteiger partial charge in [-0.05, 0) is 26.0 Å². The van der Waals surface area contributed by atoms with Gasteiger partial charge >= 0.3 is 0 Å². The Kier molecular flexibility index (Phi) is 4.60. The number of benzene rings is 1. The van der Waals surface area contributed by atoms with Crippen LogP contribution in [0.4, 0.5) is 4.39 Å². The first-order valence-corrected chi connectivity index (χ1v) is 5.23. The lowest BCUT2D eigenvalue weighted by Crippen LogP contribution is -2.15. The van der Waals surface area contributed by atoms with Crippen molar-refractivity contribution in [3.05, 3.63) is 35.1 Å². The first-order valence-electron chi connectivity index (χ1n) is 5.23. The average Bonchev–Trinajstić information content (AvgIpc) is 2.25. The van der Waals surface area contributed by atoms with Crippen LogP contribution in [0.25, 0.3) is 0 Å². The quantitative estimate of drug-likeness (QED) is 0.802. The predicted molar refractivity (Wildman–Crippen MR) is 60.9 cm³/mol. The molecular weight excluding hydrogens is 225 g/mol. The van der Waals surface area contributed by atoms with Crippen molar-refractivity contribution >= 4 is 5.91 Å². The number of ether oxygens (including phenoxy) is 2. The van der Waals surface area contributed by atoms with Crippen molar-refractivity contribution in [3.63, 3.8) is 0 Å². The summed E-state index contributed by atoms with van der Waals surface area (Å²) in [4.78, 5) is 10.9. The Morgan fingerprint density at radius 2 is 2.06 bits per heavy atom. The van der Waals surface area contributed by atoms with Gasteiger partial charge in [0.1, 0.15) is 5.82 Å². The lowest BCUT2D eigenvalue weighted by Gasteiger charge is -2.19. The maximum atomic E-state index is 13.7. The summed E-state index contributed by atoms with van der Waals surface area (Å²) in [5, 5.41) is 0. The van der Waals surface area contributed by atoms with Gasteiger partial charge in [-0.1, -0.05) is 6.07 Å². The molecule has 1 atom stereocenters. The van der Waals surface area contributed by atoms with Gasteiger partial charge in [-0.15, -0.1) is 0 Å². The van der Waals surface area contributed by atoms with Gasteiger partial charge in [0, 0.05) is 18.2 Å². The number of carbonyl (C=O) groups excluding carboxylic acids is 1. The van der Waals surface area contributed by atoms with E-state index in [9.17, 15) is 9.18 Å². The lowest BCUT2D eigenvalue weighted by atomic mass is 10.1. The maximum Gasteiger partial charge on any atom is 0.248 e. The molecule has 0 spiro atoms. The van der Waals surface area contributed by atoms with Crippen LogP contribution in [0.5, 0.6) is 0 Å². The fourth-order valence-electron chi connectivity index (χ4n) is 1.37. The smallest absolute Gasteiger partial charge is 0.248 e. The summed E-state index contributed by atoms with van der Waals surface area (Å²) < 4.78 is 24.2. The van der Waals surface area contributed by atoms with Crippen LogP contribution in [0.2, 0.25) is 0 Å². The third-order valence-electron chi connectivity index (χ3n) is 2.15. The molecule has 0 saturated heterocycles. The van der Waals surface area contributed by atoms with Crippen LogP contribution in [-0.4, -0.2) is 19.1 Å². The summed E-state index contributed by atoms with van der Waals surface area (Å²) in [6.07, 6.45) is -0.896. The van der Waals surface area contributed by atoms with Crippen LogP contribution >= 0.6 is 0 Å². The van der Waals surface area contributed by atoms with Crippen LogP contribution < -0.4 is 5.73 Å². The van der Waals surface area contributed by atoms with Crippen LogP contribution in [0.1, 0.15) is 36.1 Å². The van der Waals surface area contributed by atoms with E-state index in [-0.39, 0.29) is 17.2 Å². The van der Waals surface area contributed by atoms with E-state index in [1.807, 2.05) is 13.8 Å². The molecule has 94 valence electrons.